The third-order valence-electron chi connectivity index (χ3n) is 2.11. The second-order valence-corrected chi connectivity index (χ2v) is 3.69. The van der Waals surface area contributed by atoms with Gasteiger partial charge in [-0.25, -0.2) is 0 Å². The minimum atomic E-state index is 0.0230. The molecule has 15 heavy (non-hydrogen) atoms. The summed E-state index contributed by atoms with van der Waals surface area (Å²) >= 11 is 6.01. The minimum absolute atomic E-state index is 0.0230. The van der Waals surface area contributed by atoms with E-state index in [0.29, 0.717) is 18.1 Å². The van der Waals surface area contributed by atoms with Crippen LogP contribution in [0.3, 0.4) is 0 Å². The van der Waals surface area contributed by atoms with Crippen LogP contribution >= 0.6 is 11.6 Å². The Labute approximate surface area is 95.2 Å². The molecule has 0 heterocycles. The molecule has 2 nitrogen and oxygen atoms in total. The van der Waals surface area contributed by atoms with Gasteiger partial charge in [-0.2, -0.15) is 0 Å². The zero-order valence-electron chi connectivity index (χ0n) is 8.74. The van der Waals surface area contributed by atoms with Gasteiger partial charge in [0.2, 0.25) is 5.91 Å². The molecule has 0 aromatic heterocycles. The monoisotopic (exact) mass is 223 g/mol. The van der Waals surface area contributed by atoms with Crippen molar-refractivity contribution in [2.75, 3.05) is 6.54 Å². The number of halogens is 1. The van der Waals surface area contributed by atoms with Crippen LogP contribution in [0.5, 0.6) is 0 Å². The lowest BCUT2D eigenvalue weighted by molar-refractivity contribution is -0.128. The van der Waals surface area contributed by atoms with Crippen LogP contribution < -0.4 is 0 Å². The van der Waals surface area contributed by atoms with E-state index in [4.69, 9.17) is 11.6 Å². The van der Waals surface area contributed by atoms with Crippen molar-refractivity contribution in [1.29, 1.82) is 0 Å². The molecule has 0 aliphatic rings. The van der Waals surface area contributed by atoms with Crippen molar-refractivity contribution >= 4 is 17.5 Å². The van der Waals surface area contributed by atoms with Crippen LogP contribution in [0, 0.1) is 0 Å². The average Bonchev–Trinajstić information content (AvgIpc) is 2.20. The van der Waals surface area contributed by atoms with Crippen LogP contribution in [0.15, 0.2) is 36.9 Å². The zero-order valence-corrected chi connectivity index (χ0v) is 9.50. The molecule has 0 radical (unpaired) electrons. The van der Waals surface area contributed by atoms with Crippen molar-refractivity contribution in [3.63, 3.8) is 0 Å². The van der Waals surface area contributed by atoms with Crippen LogP contribution in [-0.4, -0.2) is 17.4 Å². The van der Waals surface area contributed by atoms with Gasteiger partial charge < -0.3 is 4.90 Å². The Morgan fingerprint density at radius 3 is 2.73 bits per heavy atom. The van der Waals surface area contributed by atoms with Crippen molar-refractivity contribution in [2.24, 2.45) is 0 Å². The molecule has 0 bridgehead atoms. The summed E-state index contributed by atoms with van der Waals surface area (Å²) in [5.74, 6) is 0.0230. The molecule has 80 valence electrons. The SMILES string of the molecule is C=CCN(Cc1ccccc1Cl)C(C)=O. The molecule has 1 aromatic carbocycles. The lowest BCUT2D eigenvalue weighted by Gasteiger charge is -2.19. The van der Waals surface area contributed by atoms with E-state index in [9.17, 15) is 4.79 Å². The molecule has 0 fully saturated rings. The van der Waals surface area contributed by atoms with Crippen LogP contribution in [0.4, 0.5) is 0 Å². The molecular weight excluding hydrogens is 210 g/mol. The maximum atomic E-state index is 11.3. The van der Waals surface area contributed by atoms with Gasteiger partial charge in [0.15, 0.2) is 0 Å². The van der Waals surface area contributed by atoms with Gasteiger partial charge in [0, 0.05) is 25.0 Å². The third-order valence-corrected chi connectivity index (χ3v) is 2.48. The number of rotatable bonds is 4. The maximum Gasteiger partial charge on any atom is 0.220 e. The van der Waals surface area contributed by atoms with Crippen LogP contribution in [0.2, 0.25) is 5.02 Å². The second kappa shape index (κ2) is 5.56. The maximum absolute atomic E-state index is 11.3. The highest BCUT2D eigenvalue weighted by molar-refractivity contribution is 6.31. The van der Waals surface area contributed by atoms with Crippen molar-refractivity contribution in [3.8, 4) is 0 Å². The fourth-order valence-corrected chi connectivity index (χ4v) is 1.49. The van der Waals surface area contributed by atoms with Crippen molar-refractivity contribution in [2.45, 2.75) is 13.5 Å². The number of carbonyl (C=O) groups excluding carboxylic acids is 1. The van der Waals surface area contributed by atoms with Gasteiger partial charge >= 0.3 is 0 Å². The van der Waals surface area contributed by atoms with Gasteiger partial charge in [0.1, 0.15) is 0 Å². The van der Waals surface area contributed by atoms with Gasteiger partial charge in [-0.1, -0.05) is 35.9 Å². The quantitative estimate of drug-likeness (QED) is 0.719. The smallest absolute Gasteiger partial charge is 0.220 e. The van der Waals surface area contributed by atoms with E-state index in [0.717, 1.165) is 5.56 Å². The summed E-state index contributed by atoms with van der Waals surface area (Å²) in [4.78, 5) is 13.0. The summed E-state index contributed by atoms with van der Waals surface area (Å²) in [5.41, 5.74) is 0.955. The highest BCUT2D eigenvalue weighted by Crippen LogP contribution is 2.16. The minimum Gasteiger partial charge on any atom is -0.335 e. The highest BCUT2D eigenvalue weighted by Gasteiger charge is 2.09. The van der Waals surface area contributed by atoms with E-state index in [1.165, 1.54) is 0 Å². The van der Waals surface area contributed by atoms with E-state index < -0.39 is 0 Å². The molecule has 0 atom stereocenters. The lowest BCUT2D eigenvalue weighted by Crippen LogP contribution is -2.28. The topological polar surface area (TPSA) is 20.3 Å². The third kappa shape index (κ3) is 3.40. The number of benzene rings is 1. The first-order valence-corrected chi connectivity index (χ1v) is 5.12. The molecule has 0 saturated heterocycles. The average molecular weight is 224 g/mol. The number of nitrogens with zero attached hydrogens (tertiary/aromatic N) is 1. The molecule has 1 rings (SSSR count). The Bertz CT molecular complexity index is 362. The van der Waals surface area contributed by atoms with Crippen LogP contribution in [0.1, 0.15) is 12.5 Å². The molecule has 1 aromatic rings. The van der Waals surface area contributed by atoms with Crippen molar-refractivity contribution < 1.29 is 4.79 Å². The molecule has 0 saturated carbocycles. The molecule has 0 aliphatic carbocycles. The van der Waals surface area contributed by atoms with Gasteiger partial charge in [-0.15, -0.1) is 6.58 Å². The first kappa shape index (κ1) is 11.8. The molecule has 0 unspecified atom stereocenters. The molecule has 3 heteroatoms. The molecule has 0 N–H and O–H groups in total. The molecular formula is C12H14ClNO. The normalized spacial score (nSPS) is 9.73. The number of hydrogen-bond donors (Lipinski definition) is 0. The van der Waals surface area contributed by atoms with Crippen molar-refractivity contribution in [3.05, 3.63) is 47.5 Å². The Morgan fingerprint density at radius 1 is 1.53 bits per heavy atom. The molecule has 0 aliphatic heterocycles. The first-order valence-electron chi connectivity index (χ1n) is 4.75. The van der Waals surface area contributed by atoms with Crippen LogP contribution in [-0.2, 0) is 11.3 Å². The van der Waals surface area contributed by atoms with Crippen molar-refractivity contribution in [1.82, 2.24) is 4.90 Å². The predicted octanol–water partition coefficient (Wildman–Crippen LogP) is 2.87. The Balaban J connectivity index is 2.78. The predicted molar refractivity (Wildman–Crippen MR) is 62.7 cm³/mol. The van der Waals surface area contributed by atoms with Gasteiger partial charge in [-0.05, 0) is 11.6 Å². The highest BCUT2D eigenvalue weighted by atomic mass is 35.5. The Hall–Kier alpha value is -1.28. The molecule has 0 spiro atoms. The largest absolute Gasteiger partial charge is 0.335 e. The van der Waals surface area contributed by atoms with E-state index in [2.05, 4.69) is 6.58 Å². The van der Waals surface area contributed by atoms with Gasteiger partial charge in [-0.3, -0.25) is 4.79 Å². The first-order chi connectivity index (χ1) is 7.15. The number of carbonyl (C=O) groups is 1. The zero-order chi connectivity index (χ0) is 11.3. The summed E-state index contributed by atoms with van der Waals surface area (Å²) in [6.07, 6.45) is 1.71. The fourth-order valence-electron chi connectivity index (χ4n) is 1.29. The van der Waals surface area contributed by atoms with Crippen LogP contribution in [0.25, 0.3) is 0 Å². The van der Waals surface area contributed by atoms with E-state index in [-0.39, 0.29) is 5.91 Å². The van der Waals surface area contributed by atoms with E-state index >= 15 is 0 Å². The Kier molecular flexibility index (Phi) is 4.37. The fraction of sp³-hybridized carbons (Fsp3) is 0.250. The number of hydrogen-bond acceptors (Lipinski definition) is 1. The van der Waals surface area contributed by atoms with Gasteiger partial charge in [0.05, 0.1) is 0 Å². The molecule has 1 amide bonds. The van der Waals surface area contributed by atoms with E-state index in [1.807, 2.05) is 24.3 Å². The summed E-state index contributed by atoms with van der Waals surface area (Å²) in [5, 5.41) is 0.688. The summed E-state index contributed by atoms with van der Waals surface area (Å²) in [6.45, 7) is 6.23. The van der Waals surface area contributed by atoms with Gasteiger partial charge in [0.25, 0.3) is 0 Å². The van der Waals surface area contributed by atoms with E-state index in [1.54, 1.807) is 17.9 Å². The second-order valence-electron chi connectivity index (χ2n) is 3.28. The Morgan fingerprint density at radius 2 is 2.20 bits per heavy atom. The lowest BCUT2D eigenvalue weighted by atomic mass is 10.2. The summed E-state index contributed by atoms with van der Waals surface area (Å²) < 4.78 is 0. The number of amides is 1. The summed E-state index contributed by atoms with van der Waals surface area (Å²) in [6, 6.07) is 7.52. The standard InChI is InChI=1S/C12H14ClNO/c1-3-8-14(10(2)15)9-11-6-4-5-7-12(11)13/h3-7H,1,8-9H2,2H3. The summed E-state index contributed by atoms with van der Waals surface area (Å²) in [7, 11) is 0.